The maximum absolute atomic E-state index is 5.67. The third kappa shape index (κ3) is 2.91. The van der Waals surface area contributed by atoms with Gasteiger partial charge in [-0.2, -0.15) is 0 Å². The average molecular weight is 234 g/mol. The zero-order chi connectivity index (χ0) is 12.1. The number of nitrogens with zero attached hydrogens (tertiary/aromatic N) is 1. The van der Waals surface area contributed by atoms with E-state index in [1.165, 1.54) is 18.5 Å². The van der Waals surface area contributed by atoms with E-state index in [-0.39, 0.29) is 0 Å². The number of hydrogen-bond acceptors (Lipinski definition) is 3. The van der Waals surface area contributed by atoms with Crippen LogP contribution >= 0.6 is 0 Å². The Kier molecular flexibility index (Phi) is 4.26. The molecule has 2 rings (SSSR count). The molecule has 1 unspecified atom stereocenters. The van der Waals surface area contributed by atoms with E-state index in [0.717, 1.165) is 31.9 Å². The van der Waals surface area contributed by atoms with Crippen LogP contribution in [0.15, 0.2) is 24.3 Å². The number of anilines is 1. The highest BCUT2D eigenvalue weighted by molar-refractivity contribution is 5.50. The molecule has 17 heavy (non-hydrogen) atoms. The van der Waals surface area contributed by atoms with Crippen molar-refractivity contribution in [2.45, 2.75) is 32.2 Å². The van der Waals surface area contributed by atoms with Gasteiger partial charge in [0.05, 0.1) is 6.61 Å². The number of nitrogens with two attached hydrogens (primary N) is 1. The number of hydrogen-bond donors (Lipinski definition) is 1. The van der Waals surface area contributed by atoms with E-state index in [0.29, 0.717) is 6.04 Å². The van der Waals surface area contributed by atoms with Gasteiger partial charge in [-0.3, -0.25) is 0 Å². The molecule has 0 aromatic heterocycles. The first-order chi connectivity index (χ1) is 8.35. The minimum absolute atomic E-state index is 0.623. The van der Waals surface area contributed by atoms with E-state index in [9.17, 15) is 0 Å². The average Bonchev–Trinajstić information content (AvgIpc) is 2.79. The zero-order valence-electron chi connectivity index (χ0n) is 10.6. The van der Waals surface area contributed by atoms with Crippen molar-refractivity contribution in [2.24, 2.45) is 5.73 Å². The van der Waals surface area contributed by atoms with E-state index in [4.69, 9.17) is 10.5 Å². The lowest BCUT2D eigenvalue weighted by atomic mass is 10.1. The molecule has 1 fully saturated rings. The molecule has 1 aliphatic heterocycles. The third-order valence-corrected chi connectivity index (χ3v) is 3.36. The fraction of sp³-hybridized carbons (Fsp3) is 0.571. The number of benzene rings is 1. The van der Waals surface area contributed by atoms with Gasteiger partial charge in [0, 0.05) is 18.3 Å². The first kappa shape index (κ1) is 12.2. The standard InChI is InChI=1S/C14H22N2O/c1-2-17-14-7-5-13(6-8-14)16-11-3-4-12(16)9-10-15/h5-8,12H,2-4,9-11,15H2,1H3. The van der Waals surface area contributed by atoms with E-state index < -0.39 is 0 Å². The largest absolute Gasteiger partial charge is 0.494 e. The van der Waals surface area contributed by atoms with Gasteiger partial charge in [0.1, 0.15) is 5.75 Å². The van der Waals surface area contributed by atoms with Gasteiger partial charge in [0.15, 0.2) is 0 Å². The summed E-state index contributed by atoms with van der Waals surface area (Å²) in [5, 5.41) is 0. The SMILES string of the molecule is CCOc1ccc(N2CCCC2CCN)cc1. The predicted octanol–water partition coefficient (Wildman–Crippen LogP) is 2.40. The minimum Gasteiger partial charge on any atom is -0.494 e. The minimum atomic E-state index is 0.623. The van der Waals surface area contributed by atoms with Gasteiger partial charge in [-0.15, -0.1) is 0 Å². The second-order valence-electron chi connectivity index (χ2n) is 4.49. The van der Waals surface area contributed by atoms with Crippen LogP contribution < -0.4 is 15.4 Å². The van der Waals surface area contributed by atoms with Crippen LogP contribution in [0.2, 0.25) is 0 Å². The molecule has 1 atom stereocenters. The molecule has 1 saturated heterocycles. The Labute approximate surface area is 104 Å². The second-order valence-corrected chi connectivity index (χ2v) is 4.49. The Morgan fingerprint density at radius 3 is 2.76 bits per heavy atom. The molecule has 0 radical (unpaired) electrons. The summed E-state index contributed by atoms with van der Waals surface area (Å²) in [4.78, 5) is 2.47. The van der Waals surface area contributed by atoms with Crippen LogP contribution in [0, 0.1) is 0 Å². The molecule has 0 spiro atoms. The predicted molar refractivity (Wildman–Crippen MR) is 71.7 cm³/mol. The lowest BCUT2D eigenvalue weighted by molar-refractivity contribution is 0.340. The van der Waals surface area contributed by atoms with Crippen molar-refractivity contribution in [1.29, 1.82) is 0 Å². The first-order valence-corrected chi connectivity index (χ1v) is 6.54. The van der Waals surface area contributed by atoms with E-state index >= 15 is 0 Å². The van der Waals surface area contributed by atoms with Crippen LogP contribution in [0.3, 0.4) is 0 Å². The van der Waals surface area contributed by atoms with E-state index in [2.05, 4.69) is 29.2 Å². The van der Waals surface area contributed by atoms with Crippen molar-refractivity contribution >= 4 is 5.69 Å². The van der Waals surface area contributed by atoms with Crippen molar-refractivity contribution in [1.82, 2.24) is 0 Å². The van der Waals surface area contributed by atoms with E-state index in [1.807, 2.05) is 6.92 Å². The molecule has 94 valence electrons. The molecule has 3 heteroatoms. The van der Waals surface area contributed by atoms with E-state index in [1.54, 1.807) is 0 Å². The maximum atomic E-state index is 5.67. The summed E-state index contributed by atoms with van der Waals surface area (Å²) >= 11 is 0. The molecule has 2 N–H and O–H groups in total. The van der Waals surface area contributed by atoms with Crippen molar-refractivity contribution in [3.8, 4) is 5.75 Å². The highest BCUT2D eigenvalue weighted by atomic mass is 16.5. The van der Waals surface area contributed by atoms with Gasteiger partial charge in [0.2, 0.25) is 0 Å². The Balaban J connectivity index is 2.05. The van der Waals surface area contributed by atoms with Crippen LogP contribution in [0.25, 0.3) is 0 Å². The molecule has 1 aliphatic rings. The van der Waals surface area contributed by atoms with Gasteiger partial charge >= 0.3 is 0 Å². The van der Waals surface area contributed by atoms with Crippen molar-refractivity contribution in [3.05, 3.63) is 24.3 Å². The Bertz CT molecular complexity index is 337. The highest BCUT2D eigenvalue weighted by Gasteiger charge is 2.23. The maximum Gasteiger partial charge on any atom is 0.119 e. The molecule has 0 bridgehead atoms. The summed E-state index contributed by atoms with van der Waals surface area (Å²) in [5.74, 6) is 0.950. The lowest BCUT2D eigenvalue weighted by Gasteiger charge is -2.26. The molecule has 1 heterocycles. The smallest absolute Gasteiger partial charge is 0.119 e. The van der Waals surface area contributed by atoms with Gasteiger partial charge in [-0.05, 0) is 57.0 Å². The molecule has 1 aromatic rings. The second kappa shape index (κ2) is 5.92. The summed E-state index contributed by atoms with van der Waals surface area (Å²) in [6.07, 6.45) is 3.63. The normalized spacial score (nSPS) is 19.6. The van der Waals surface area contributed by atoms with Gasteiger partial charge in [0.25, 0.3) is 0 Å². The van der Waals surface area contributed by atoms with Crippen LogP contribution in [0.1, 0.15) is 26.2 Å². The molecule has 0 saturated carbocycles. The van der Waals surface area contributed by atoms with Gasteiger partial charge in [-0.25, -0.2) is 0 Å². The molecule has 0 amide bonds. The molecule has 1 aromatic carbocycles. The number of rotatable bonds is 5. The summed E-state index contributed by atoms with van der Waals surface area (Å²) in [7, 11) is 0. The molecule has 3 nitrogen and oxygen atoms in total. The van der Waals surface area contributed by atoms with Crippen LogP contribution in [-0.2, 0) is 0 Å². The van der Waals surface area contributed by atoms with Crippen molar-refractivity contribution in [3.63, 3.8) is 0 Å². The third-order valence-electron chi connectivity index (χ3n) is 3.36. The van der Waals surface area contributed by atoms with Gasteiger partial charge < -0.3 is 15.4 Å². The molecule has 0 aliphatic carbocycles. The van der Waals surface area contributed by atoms with Crippen LogP contribution in [0.4, 0.5) is 5.69 Å². The van der Waals surface area contributed by atoms with Crippen LogP contribution in [0.5, 0.6) is 5.75 Å². The fourth-order valence-corrected chi connectivity index (χ4v) is 2.57. The Hall–Kier alpha value is -1.22. The fourth-order valence-electron chi connectivity index (χ4n) is 2.57. The summed E-state index contributed by atoms with van der Waals surface area (Å²) in [5.41, 5.74) is 6.96. The topological polar surface area (TPSA) is 38.5 Å². The van der Waals surface area contributed by atoms with Gasteiger partial charge in [-0.1, -0.05) is 0 Å². The lowest BCUT2D eigenvalue weighted by Crippen LogP contribution is -2.30. The number of ether oxygens (including phenoxy) is 1. The molecular weight excluding hydrogens is 212 g/mol. The summed E-state index contributed by atoms with van der Waals surface area (Å²) in [6.45, 7) is 4.65. The van der Waals surface area contributed by atoms with Crippen molar-refractivity contribution in [2.75, 3.05) is 24.6 Å². The Morgan fingerprint density at radius 1 is 1.35 bits per heavy atom. The zero-order valence-corrected chi connectivity index (χ0v) is 10.6. The Morgan fingerprint density at radius 2 is 2.12 bits per heavy atom. The highest BCUT2D eigenvalue weighted by Crippen LogP contribution is 2.28. The quantitative estimate of drug-likeness (QED) is 0.850. The summed E-state index contributed by atoms with van der Waals surface area (Å²) < 4.78 is 5.46. The summed E-state index contributed by atoms with van der Waals surface area (Å²) in [6, 6.07) is 9.03. The monoisotopic (exact) mass is 234 g/mol. The first-order valence-electron chi connectivity index (χ1n) is 6.54. The van der Waals surface area contributed by atoms with Crippen molar-refractivity contribution < 1.29 is 4.74 Å². The van der Waals surface area contributed by atoms with Crippen LogP contribution in [-0.4, -0.2) is 25.7 Å². The molecular formula is C14H22N2O.